The Labute approximate surface area is 133 Å². The lowest BCUT2D eigenvalue weighted by molar-refractivity contribution is 0.0950. The molecule has 2 rings (SSSR count). The van der Waals surface area contributed by atoms with Crippen LogP contribution >= 0.6 is 0 Å². The van der Waals surface area contributed by atoms with Crippen LogP contribution in [-0.4, -0.2) is 38.4 Å². The summed E-state index contributed by atoms with van der Waals surface area (Å²) in [6, 6.07) is 8.53. The number of aromatic nitrogens is 1. The van der Waals surface area contributed by atoms with Crippen LogP contribution in [0.2, 0.25) is 0 Å². The van der Waals surface area contributed by atoms with E-state index in [1.54, 1.807) is 30.3 Å². The molecule has 0 atom stereocenters. The maximum atomic E-state index is 11.8. The van der Waals surface area contributed by atoms with E-state index in [1.807, 2.05) is 0 Å². The van der Waals surface area contributed by atoms with Gasteiger partial charge in [-0.25, -0.2) is 5.43 Å². The monoisotopic (exact) mass is 315 g/mol. The predicted octanol–water partition coefficient (Wildman–Crippen LogP) is 1.87. The van der Waals surface area contributed by atoms with Crippen LogP contribution in [0.25, 0.3) is 0 Å². The van der Waals surface area contributed by atoms with E-state index in [4.69, 9.17) is 14.2 Å². The maximum absolute atomic E-state index is 11.8. The average molecular weight is 315 g/mol. The van der Waals surface area contributed by atoms with Crippen molar-refractivity contribution in [2.24, 2.45) is 5.10 Å². The summed E-state index contributed by atoms with van der Waals surface area (Å²) in [5, 5.41) is 3.92. The van der Waals surface area contributed by atoms with Crippen LogP contribution in [-0.2, 0) is 0 Å². The van der Waals surface area contributed by atoms with Crippen molar-refractivity contribution in [2.45, 2.75) is 0 Å². The molecule has 0 saturated heterocycles. The number of pyridine rings is 1. The first-order valence-corrected chi connectivity index (χ1v) is 6.74. The molecule has 7 heteroatoms. The van der Waals surface area contributed by atoms with Crippen LogP contribution in [0.5, 0.6) is 17.2 Å². The molecule has 1 aromatic heterocycles. The summed E-state index contributed by atoms with van der Waals surface area (Å²) >= 11 is 0. The minimum Gasteiger partial charge on any atom is -0.493 e. The largest absolute Gasteiger partial charge is 0.493 e. The van der Waals surface area contributed by atoms with E-state index in [2.05, 4.69) is 15.5 Å². The van der Waals surface area contributed by atoms with Gasteiger partial charge in [0, 0.05) is 11.8 Å². The van der Waals surface area contributed by atoms with Crippen LogP contribution in [0.4, 0.5) is 0 Å². The van der Waals surface area contributed by atoms with Crippen molar-refractivity contribution in [1.29, 1.82) is 0 Å². The summed E-state index contributed by atoms with van der Waals surface area (Å²) in [5.41, 5.74) is 3.32. The van der Waals surface area contributed by atoms with Gasteiger partial charge >= 0.3 is 0 Å². The number of nitrogens with one attached hydrogen (secondary N) is 1. The van der Waals surface area contributed by atoms with Gasteiger partial charge in [0.05, 0.1) is 27.5 Å². The molecule has 0 fully saturated rings. The molecule has 1 amide bonds. The zero-order chi connectivity index (χ0) is 16.7. The van der Waals surface area contributed by atoms with Crippen LogP contribution < -0.4 is 19.6 Å². The van der Waals surface area contributed by atoms with Crippen LogP contribution in [0.1, 0.15) is 16.1 Å². The molecule has 0 aliphatic rings. The number of ether oxygens (including phenoxy) is 3. The third-order valence-corrected chi connectivity index (χ3v) is 3.00. The molecule has 7 nitrogen and oxygen atoms in total. The van der Waals surface area contributed by atoms with E-state index < -0.39 is 5.91 Å². The van der Waals surface area contributed by atoms with Crippen molar-refractivity contribution in [2.75, 3.05) is 21.3 Å². The number of rotatable bonds is 6. The molecule has 0 bridgehead atoms. The summed E-state index contributed by atoms with van der Waals surface area (Å²) < 4.78 is 15.8. The minimum absolute atomic E-state index is 0.281. The lowest BCUT2D eigenvalue weighted by atomic mass is 10.2. The first-order chi connectivity index (χ1) is 11.2. The van der Waals surface area contributed by atoms with Crippen LogP contribution in [0.15, 0.2) is 41.6 Å². The van der Waals surface area contributed by atoms with Gasteiger partial charge in [-0.1, -0.05) is 6.07 Å². The summed E-state index contributed by atoms with van der Waals surface area (Å²) in [5.74, 6) is 1.05. The highest BCUT2D eigenvalue weighted by Crippen LogP contribution is 2.38. The summed E-state index contributed by atoms with van der Waals surface area (Å²) in [4.78, 5) is 15.8. The summed E-state index contributed by atoms with van der Waals surface area (Å²) in [6.45, 7) is 0. The number of hydrazone groups is 1. The number of amides is 1. The number of nitrogens with zero attached hydrogens (tertiary/aromatic N) is 2. The minimum atomic E-state index is -0.402. The lowest BCUT2D eigenvalue weighted by Crippen LogP contribution is -2.18. The lowest BCUT2D eigenvalue weighted by Gasteiger charge is -2.13. The smallest absolute Gasteiger partial charge is 0.289 e. The van der Waals surface area contributed by atoms with Crippen molar-refractivity contribution < 1.29 is 19.0 Å². The fourth-order valence-corrected chi connectivity index (χ4v) is 1.94. The molecule has 0 saturated carbocycles. The Morgan fingerprint density at radius 1 is 1.09 bits per heavy atom. The van der Waals surface area contributed by atoms with Crippen LogP contribution in [0, 0.1) is 0 Å². The van der Waals surface area contributed by atoms with Gasteiger partial charge in [0.1, 0.15) is 5.69 Å². The standard InChI is InChI=1S/C16H17N3O4/c1-21-13-8-7-11(14(22-2)15(13)23-3)10-18-19-16(20)12-6-4-5-9-17-12/h4-10H,1-3H3,(H,19,20). The third kappa shape index (κ3) is 3.76. The maximum Gasteiger partial charge on any atom is 0.289 e. The Hall–Kier alpha value is -3.09. The van der Waals surface area contributed by atoms with Gasteiger partial charge in [-0.2, -0.15) is 5.10 Å². The number of methoxy groups -OCH3 is 3. The molecule has 120 valence electrons. The van der Waals surface area contributed by atoms with Gasteiger partial charge in [0.25, 0.3) is 5.91 Å². The second-order valence-electron chi connectivity index (χ2n) is 4.34. The molecular weight excluding hydrogens is 298 g/mol. The molecule has 23 heavy (non-hydrogen) atoms. The molecule has 1 aromatic carbocycles. The quantitative estimate of drug-likeness (QED) is 0.650. The van der Waals surface area contributed by atoms with E-state index in [-0.39, 0.29) is 5.69 Å². The van der Waals surface area contributed by atoms with E-state index in [1.165, 1.54) is 33.7 Å². The molecule has 0 unspecified atom stereocenters. The highest BCUT2D eigenvalue weighted by molar-refractivity contribution is 5.93. The Bertz CT molecular complexity index is 702. The molecule has 0 aliphatic carbocycles. The Morgan fingerprint density at radius 2 is 1.87 bits per heavy atom. The topological polar surface area (TPSA) is 82.0 Å². The van der Waals surface area contributed by atoms with E-state index >= 15 is 0 Å². The summed E-state index contributed by atoms with van der Waals surface area (Å²) in [7, 11) is 4.57. The highest BCUT2D eigenvalue weighted by atomic mass is 16.5. The number of hydrogen-bond donors (Lipinski definition) is 1. The summed E-state index contributed by atoms with van der Waals surface area (Å²) in [6.07, 6.45) is 3.00. The molecule has 0 aliphatic heterocycles. The van der Waals surface area contributed by atoms with Gasteiger partial charge in [-0.3, -0.25) is 9.78 Å². The third-order valence-electron chi connectivity index (χ3n) is 3.00. The molecule has 0 radical (unpaired) electrons. The molecule has 1 N–H and O–H groups in total. The van der Waals surface area contributed by atoms with Gasteiger partial charge < -0.3 is 14.2 Å². The van der Waals surface area contributed by atoms with Crippen molar-refractivity contribution >= 4 is 12.1 Å². The first-order valence-electron chi connectivity index (χ1n) is 6.74. The number of carbonyl (C=O) groups excluding carboxylic acids is 1. The fraction of sp³-hybridized carbons (Fsp3) is 0.188. The zero-order valence-electron chi connectivity index (χ0n) is 13.1. The Balaban J connectivity index is 2.18. The molecule has 2 aromatic rings. The van der Waals surface area contributed by atoms with Crippen molar-refractivity contribution in [3.8, 4) is 17.2 Å². The number of benzene rings is 1. The van der Waals surface area contributed by atoms with Crippen molar-refractivity contribution in [1.82, 2.24) is 10.4 Å². The first kappa shape index (κ1) is 16.3. The normalized spacial score (nSPS) is 10.4. The zero-order valence-corrected chi connectivity index (χ0v) is 13.1. The second kappa shape index (κ2) is 7.79. The molecule has 1 heterocycles. The van der Waals surface area contributed by atoms with E-state index in [0.717, 1.165) is 0 Å². The molecular formula is C16H17N3O4. The number of hydrogen-bond acceptors (Lipinski definition) is 6. The highest BCUT2D eigenvalue weighted by Gasteiger charge is 2.14. The Morgan fingerprint density at radius 3 is 2.48 bits per heavy atom. The van der Waals surface area contributed by atoms with Crippen molar-refractivity contribution in [3.05, 3.63) is 47.8 Å². The predicted molar refractivity (Wildman–Crippen MR) is 85.4 cm³/mol. The molecule has 0 spiro atoms. The van der Waals surface area contributed by atoms with Crippen molar-refractivity contribution in [3.63, 3.8) is 0 Å². The Kier molecular flexibility index (Phi) is 5.51. The van der Waals surface area contributed by atoms with E-state index in [9.17, 15) is 4.79 Å². The fourth-order valence-electron chi connectivity index (χ4n) is 1.94. The SMILES string of the molecule is COc1ccc(C=NNC(=O)c2ccccn2)c(OC)c1OC. The average Bonchev–Trinajstić information content (AvgIpc) is 2.61. The van der Waals surface area contributed by atoms with Crippen LogP contribution in [0.3, 0.4) is 0 Å². The van der Waals surface area contributed by atoms with E-state index in [0.29, 0.717) is 22.8 Å². The number of carbonyl (C=O) groups is 1. The van der Waals surface area contributed by atoms with Gasteiger partial charge in [0.2, 0.25) is 5.75 Å². The van der Waals surface area contributed by atoms with Gasteiger partial charge in [0.15, 0.2) is 11.5 Å². The second-order valence-corrected chi connectivity index (χ2v) is 4.34. The van der Waals surface area contributed by atoms with Gasteiger partial charge in [-0.15, -0.1) is 0 Å². The van der Waals surface area contributed by atoms with Gasteiger partial charge in [-0.05, 0) is 24.3 Å².